The van der Waals surface area contributed by atoms with Gasteiger partial charge in [-0.1, -0.05) is 25.1 Å². The van der Waals surface area contributed by atoms with Crippen LogP contribution in [-0.4, -0.2) is 22.2 Å². The van der Waals surface area contributed by atoms with Gasteiger partial charge in [-0.2, -0.15) is 0 Å². The predicted octanol–water partition coefficient (Wildman–Crippen LogP) is 2.79. The van der Waals surface area contributed by atoms with Crippen molar-refractivity contribution in [2.45, 2.75) is 39.3 Å². The molecule has 1 atom stereocenters. The van der Waals surface area contributed by atoms with E-state index in [-0.39, 0.29) is 12.1 Å². The van der Waals surface area contributed by atoms with Gasteiger partial charge in [0.15, 0.2) is 0 Å². The van der Waals surface area contributed by atoms with Crippen molar-refractivity contribution in [3.05, 3.63) is 41.6 Å². The predicted molar refractivity (Wildman–Crippen MR) is 79.1 cm³/mol. The molecule has 1 heterocycles. The summed E-state index contributed by atoms with van der Waals surface area (Å²) in [5, 5.41) is 14.1. The molecule has 0 aliphatic rings. The molecule has 0 aliphatic heterocycles. The van der Waals surface area contributed by atoms with Gasteiger partial charge >= 0.3 is 0 Å². The molecular formula is C16H22N2O. The molecule has 1 unspecified atom stereocenters. The highest BCUT2D eigenvalue weighted by molar-refractivity contribution is 5.82. The Kier molecular flexibility index (Phi) is 4.17. The number of nitrogens with zero attached hydrogens (tertiary/aromatic N) is 1. The Labute approximate surface area is 114 Å². The number of fused-ring (bicyclic) bond motifs is 1. The van der Waals surface area contributed by atoms with Crippen LogP contribution in [-0.2, 0) is 6.54 Å². The smallest absolute Gasteiger partial charge is 0.0708 e. The summed E-state index contributed by atoms with van der Waals surface area (Å²) in [5.41, 5.74) is 3.06. The Morgan fingerprint density at radius 1 is 1.32 bits per heavy atom. The van der Waals surface area contributed by atoms with Crippen LogP contribution in [0.1, 0.15) is 31.5 Å². The molecule has 2 N–H and O–H groups in total. The summed E-state index contributed by atoms with van der Waals surface area (Å²) in [5.74, 6) is 0. The van der Waals surface area contributed by atoms with Gasteiger partial charge in [-0.05, 0) is 38.0 Å². The zero-order valence-electron chi connectivity index (χ0n) is 11.9. The Bertz CT molecular complexity index is 562. The Morgan fingerprint density at radius 3 is 2.74 bits per heavy atom. The van der Waals surface area contributed by atoms with Crippen LogP contribution in [0.2, 0.25) is 0 Å². The zero-order chi connectivity index (χ0) is 13.9. The van der Waals surface area contributed by atoms with E-state index in [1.165, 1.54) is 10.9 Å². The third kappa shape index (κ3) is 3.11. The number of aliphatic hydroxyl groups excluding tert-OH is 1. The summed E-state index contributed by atoms with van der Waals surface area (Å²) in [6.45, 7) is 7.03. The molecule has 1 aromatic carbocycles. The molecule has 0 aliphatic carbocycles. The van der Waals surface area contributed by atoms with Crippen molar-refractivity contribution in [2.24, 2.45) is 0 Å². The van der Waals surface area contributed by atoms with Crippen LogP contribution >= 0.6 is 0 Å². The van der Waals surface area contributed by atoms with E-state index in [2.05, 4.69) is 29.4 Å². The van der Waals surface area contributed by atoms with Gasteiger partial charge < -0.3 is 10.4 Å². The number of para-hydroxylation sites is 1. The SMILES string of the molecule is CCC(C)(CO)NCc1cc(C)nc2ccccc12. The maximum atomic E-state index is 9.46. The summed E-state index contributed by atoms with van der Waals surface area (Å²) in [6.07, 6.45) is 0.894. The molecule has 3 nitrogen and oxygen atoms in total. The summed E-state index contributed by atoms with van der Waals surface area (Å²) in [7, 11) is 0. The van der Waals surface area contributed by atoms with Crippen LogP contribution in [0, 0.1) is 6.92 Å². The first-order valence-corrected chi connectivity index (χ1v) is 6.79. The molecule has 2 rings (SSSR count). The maximum Gasteiger partial charge on any atom is 0.0708 e. The highest BCUT2D eigenvalue weighted by Crippen LogP contribution is 2.19. The van der Waals surface area contributed by atoms with Crippen molar-refractivity contribution in [1.29, 1.82) is 0 Å². The summed E-state index contributed by atoms with van der Waals surface area (Å²) in [6, 6.07) is 10.3. The van der Waals surface area contributed by atoms with Crippen LogP contribution in [0.15, 0.2) is 30.3 Å². The average molecular weight is 258 g/mol. The fourth-order valence-corrected chi connectivity index (χ4v) is 2.14. The van der Waals surface area contributed by atoms with Gasteiger partial charge in [0.25, 0.3) is 0 Å². The molecule has 19 heavy (non-hydrogen) atoms. The Morgan fingerprint density at radius 2 is 2.05 bits per heavy atom. The molecule has 0 fully saturated rings. The number of pyridine rings is 1. The van der Waals surface area contributed by atoms with E-state index in [4.69, 9.17) is 0 Å². The number of benzene rings is 1. The van der Waals surface area contributed by atoms with Crippen molar-refractivity contribution in [1.82, 2.24) is 10.3 Å². The van der Waals surface area contributed by atoms with E-state index in [9.17, 15) is 5.11 Å². The van der Waals surface area contributed by atoms with Crippen LogP contribution < -0.4 is 5.32 Å². The summed E-state index contributed by atoms with van der Waals surface area (Å²) < 4.78 is 0. The van der Waals surface area contributed by atoms with E-state index in [1.54, 1.807) is 0 Å². The zero-order valence-corrected chi connectivity index (χ0v) is 11.9. The maximum absolute atomic E-state index is 9.46. The first-order chi connectivity index (χ1) is 9.08. The Hall–Kier alpha value is -1.45. The molecule has 0 bridgehead atoms. The first kappa shape index (κ1) is 14.0. The van der Waals surface area contributed by atoms with E-state index in [1.807, 2.05) is 32.0 Å². The Balaban J connectivity index is 2.30. The van der Waals surface area contributed by atoms with Gasteiger partial charge in [-0.25, -0.2) is 0 Å². The standard InChI is InChI=1S/C16H22N2O/c1-4-16(3,11-19)17-10-13-9-12(2)18-15-8-6-5-7-14(13)15/h5-9,17,19H,4,10-11H2,1-3H3. The van der Waals surface area contributed by atoms with Crippen LogP contribution in [0.4, 0.5) is 0 Å². The lowest BCUT2D eigenvalue weighted by atomic mass is 9.99. The fourth-order valence-electron chi connectivity index (χ4n) is 2.14. The molecule has 102 valence electrons. The topological polar surface area (TPSA) is 45.1 Å². The molecule has 0 radical (unpaired) electrons. The monoisotopic (exact) mass is 258 g/mol. The number of hydrogen-bond acceptors (Lipinski definition) is 3. The van der Waals surface area contributed by atoms with Crippen LogP contribution in [0.5, 0.6) is 0 Å². The highest BCUT2D eigenvalue weighted by Gasteiger charge is 2.20. The molecule has 0 amide bonds. The van der Waals surface area contributed by atoms with Gasteiger partial charge in [0, 0.05) is 23.2 Å². The summed E-state index contributed by atoms with van der Waals surface area (Å²) in [4.78, 5) is 4.54. The second-order valence-electron chi connectivity index (χ2n) is 5.37. The summed E-state index contributed by atoms with van der Waals surface area (Å²) >= 11 is 0. The van der Waals surface area contributed by atoms with E-state index < -0.39 is 0 Å². The van der Waals surface area contributed by atoms with Crippen LogP contribution in [0.25, 0.3) is 10.9 Å². The normalized spacial score (nSPS) is 14.5. The molecular weight excluding hydrogens is 236 g/mol. The number of nitrogens with one attached hydrogen (secondary N) is 1. The molecule has 0 saturated heterocycles. The van der Waals surface area contributed by atoms with Crippen LogP contribution in [0.3, 0.4) is 0 Å². The highest BCUT2D eigenvalue weighted by atomic mass is 16.3. The van der Waals surface area contributed by atoms with E-state index in [0.29, 0.717) is 0 Å². The minimum Gasteiger partial charge on any atom is -0.394 e. The van der Waals surface area contributed by atoms with Crippen molar-refractivity contribution in [2.75, 3.05) is 6.61 Å². The molecule has 1 aromatic heterocycles. The minimum absolute atomic E-state index is 0.144. The lowest BCUT2D eigenvalue weighted by molar-refractivity contribution is 0.169. The lowest BCUT2D eigenvalue weighted by Gasteiger charge is -2.27. The van der Waals surface area contributed by atoms with Gasteiger partial charge in [-0.15, -0.1) is 0 Å². The number of hydrogen-bond donors (Lipinski definition) is 2. The van der Waals surface area contributed by atoms with Gasteiger partial charge in [0.1, 0.15) is 0 Å². The van der Waals surface area contributed by atoms with Crippen molar-refractivity contribution in [3.8, 4) is 0 Å². The molecule has 3 heteroatoms. The van der Waals surface area contributed by atoms with Crippen molar-refractivity contribution in [3.63, 3.8) is 0 Å². The minimum atomic E-state index is -0.224. The quantitative estimate of drug-likeness (QED) is 0.867. The van der Waals surface area contributed by atoms with Gasteiger partial charge in [0.2, 0.25) is 0 Å². The first-order valence-electron chi connectivity index (χ1n) is 6.79. The van der Waals surface area contributed by atoms with Crippen molar-refractivity contribution >= 4 is 10.9 Å². The van der Waals surface area contributed by atoms with Gasteiger partial charge in [0.05, 0.1) is 12.1 Å². The molecule has 0 spiro atoms. The molecule has 0 saturated carbocycles. The van der Waals surface area contributed by atoms with E-state index in [0.717, 1.165) is 24.2 Å². The number of aryl methyl sites for hydroxylation is 1. The number of aromatic nitrogens is 1. The molecule has 2 aromatic rings. The third-order valence-corrected chi connectivity index (χ3v) is 3.76. The largest absolute Gasteiger partial charge is 0.394 e. The average Bonchev–Trinajstić information content (AvgIpc) is 2.44. The number of rotatable bonds is 5. The second-order valence-corrected chi connectivity index (χ2v) is 5.37. The van der Waals surface area contributed by atoms with E-state index >= 15 is 0 Å². The van der Waals surface area contributed by atoms with Gasteiger partial charge in [-0.3, -0.25) is 4.98 Å². The lowest BCUT2D eigenvalue weighted by Crippen LogP contribution is -2.44. The number of aliphatic hydroxyl groups is 1. The van der Waals surface area contributed by atoms with Crippen molar-refractivity contribution < 1.29 is 5.11 Å². The fraction of sp³-hybridized carbons (Fsp3) is 0.438. The second kappa shape index (κ2) is 5.68. The third-order valence-electron chi connectivity index (χ3n) is 3.76.